The highest BCUT2D eigenvalue weighted by Gasteiger charge is 2.55. The summed E-state index contributed by atoms with van der Waals surface area (Å²) < 4.78 is 42.6. The molecule has 12 nitrogen and oxygen atoms in total. The van der Waals surface area contributed by atoms with Gasteiger partial charge >= 0.3 is 0 Å². The van der Waals surface area contributed by atoms with Crippen molar-refractivity contribution in [2.75, 3.05) is 6.54 Å². The Morgan fingerprint density at radius 3 is 2.46 bits per heavy atom. The number of likely N-dealkylation sites (tertiary alicyclic amines) is 1. The van der Waals surface area contributed by atoms with E-state index in [1.807, 2.05) is 13.0 Å². The number of carbonyl (C=O) groups excluding carboxylic acids is 4. The molecule has 2 aromatic carbocycles. The third-order valence-corrected chi connectivity index (χ3v) is 10.4. The zero-order valence-electron chi connectivity index (χ0n) is 26.9. The number of ketones is 1. The number of amides is 3. The van der Waals surface area contributed by atoms with E-state index in [4.69, 9.17) is 16.4 Å². The summed E-state index contributed by atoms with van der Waals surface area (Å²) in [5.74, 6) is -4.13. The van der Waals surface area contributed by atoms with Gasteiger partial charge in [-0.1, -0.05) is 56.1 Å². The third kappa shape index (κ3) is 8.04. The summed E-state index contributed by atoms with van der Waals surface area (Å²) in [6.07, 6.45) is 2.45. The largest absolute Gasteiger partial charge is 0.387 e. The highest BCUT2D eigenvalue weighted by Crippen LogP contribution is 2.40. The summed E-state index contributed by atoms with van der Waals surface area (Å²) >= 11 is 6.19. The van der Waals surface area contributed by atoms with Gasteiger partial charge in [-0.05, 0) is 61.6 Å². The highest BCUT2D eigenvalue weighted by molar-refractivity contribution is 7.89. The van der Waals surface area contributed by atoms with Crippen LogP contribution < -0.4 is 15.4 Å². The van der Waals surface area contributed by atoms with Gasteiger partial charge in [0, 0.05) is 29.5 Å². The average Bonchev–Trinajstić information content (AvgIpc) is 3.64. The molecule has 1 aliphatic carbocycles. The van der Waals surface area contributed by atoms with E-state index in [-0.39, 0.29) is 36.7 Å². The Morgan fingerprint density at radius 1 is 1.12 bits per heavy atom. The number of oxime groups is 1. The predicted molar refractivity (Wildman–Crippen MR) is 175 cm³/mol. The second-order valence-corrected chi connectivity index (χ2v) is 15.1. The van der Waals surface area contributed by atoms with Crippen molar-refractivity contribution in [3.05, 3.63) is 64.9 Å². The number of halogens is 2. The van der Waals surface area contributed by atoms with Crippen molar-refractivity contribution >= 4 is 50.8 Å². The van der Waals surface area contributed by atoms with E-state index in [1.54, 1.807) is 32.0 Å². The monoisotopic (exact) mass is 703 g/mol. The minimum Gasteiger partial charge on any atom is -0.387 e. The molecule has 5 rings (SSSR count). The molecule has 258 valence electrons. The molecule has 0 bridgehead atoms. The molecule has 1 saturated carbocycles. The number of nitrogens with zero attached hydrogens (tertiary/aromatic N) is 2. The summed E-state index contributed by atoms with van der Waals surface area (Å²) in [6, 6.07) is 7.48. The molecule has 0 aromatic heterocycles. The zero-order valence-corrected chi connectivity index (χ0v) is 28.4. The van der Waals surface area contributed by atoms with Crippen molar-refractivity contribution in [2.24, 2.45) is 11.1 Å². The van der Waals surface area contributed by atoms with Crippen molar-refractivity contribution in [3.8, 4) is 0 Å². The number of nitrogens with one attached hydrogen (secondary N) is 3. The van der Waals surface area contributed by atoms with Gasteiger partial charge in [0.15, 0.2) is 5.60 Å². The van der Waals surface area contributed by atoms with Crippen molar-refractivity contribution in [1.82, 2.24) is 20.3 Å². The Labute approximate surface area is 283 Å². The van der Waals surface area contributed by atoms with E-state index in [0.29, 0.717) is 22.7 Å². The van der Waals surface area contributed by atoms with Crippen molar-refractivity contribution in [1.29, 1.82) is 0 Å². The molecule has 4 atom stereocenters. The van der Waals surface area contributed by atoms with Crippen LogP contribution in [0.15, 0.2) is 58.6 Å². The van der Waals surface area contributed by atoms with Gasteiger partial charge in [0.1, 0.15) is 17.9 Å². The topological polar surface area (TPSA) is 163 Å². The van der Waals surface area contributed by atoms with Crippen LogP contribution in [0.3, 0.4) is 0 Å². The molecule has 48 heavy (non-hydrogen) atoms. The van der Waals surface area contributed by atoms with Crippen LogP contribution in [0.2, 0.25) is 5.02 Å². The van der Waals surface area contributed by atoms with Crippen LogP contribution in [0, 0.1) is 11.7 Å². The van der Waals surface area contributed by atoms with Crippen LogP contribution >= 0.6 is 11.6 Å². The van der Waals surface area contributed by atoms with Crippen LogP contribution in [-0.4, -0.2) is 78.8 Å². The van der Waals surface area contributed by atoms with Gasteiger partial charge in [-0.2, -0.15) is 4.72 Å². The Bertz CT molecular complexity index is 1720. The van der Waals surface area contributed by atoms with Crippen LogP contribution in [0.1, 0.15) is 64.9 Å². The number of rotatable bonds is 13. The van der Waals surface area contributed by atoms with Crippen LogP contribution in [0.5, 0.6) is 0 Å². The van der Waals surface area contributed by atoms with E-state index in [0.717, 1.165) is 37.1 Å². The van der Waals surface area contributed by atoms with E-state index >= 15 is 0 Å². The number of hydrogen-bond acceptors (Lipinski definition) is 8. The fourth-order valence-corrected chi connectivity index (χ4v) is 7.45. The predicted octanol–water partition coefficient (Wildman–Crippen LogP) is 3.08. The molecule has 1 saturated heterocycles. The Hall–Kier alpha value is -3.88. The maximum absolute atomic E-state index is 14.3. The number of carbonyl (C=O) groups is 4. The lowest BCUT2D eigenvalue weighted by atomic mass is 9.91. The van der Waals surface area contributed by atoms with Gasteiger partial charge in [0.25, 0.3) is 5.91 Å². The molecule has 3 aliphatic rings. The lowest BCUT2D eigenvalue weighted by molar-refractivity contribution is -0.143. The number of hydrogen-bond donors (Lipinski definition) is 3. The van der Waals surface area contributed by atoms with Gasteiger partial charge in [0.05, 0.1) is 23.2 Å². The molecule has 1 spiro atoms. The van der Waals surface area contributed by atoms with Crippen LogP contribution in [-0.2, 0) is 34.0 Å². The molecule has 3 amide bonds. The maximum atomic E-state index is 14.3. The van der Waals surface area contributed by atoms with Gasteiger partial charge in [-0.3, -0.25) is 19.2 Å². The number of benzene rings is 2. The molecule has 15 heteroatoms. The molecular weight excluding hydrogens is 665 g/mol. The van der Waals surface area contributed by atoms with Gasteiger partial charge in [-0.25, -0.2) is 12.8 Å². The summed E-state index contributed by atoms with van der Waals surface area (Å²) in [5.41, 5.74) is 0.118. The summed E-state index contributed by atoms with van der Waals surface area (Å²) in [5, 5.41) is 10.1. The summed E-state index contributed by atoms with van der Waals surface area (Å²) in [4.78, 5) is 61.0. The quantitative estimate of drug-likeness (QED) is 0.270. The molecule has 2 unspecified atom stereocenters. The molecule has 2 aromatic rings. The van der Waals surface area contributed by atoms with Crippen molar-refractivity contribution in [3.63, 3.8) is 0 Å². The molecule has 2 fully saturated rings. The SMILES string of the molecule is CCC[C@H](NC(=O)[C@@H]1CC2(CC(c3cccc(Cl)c3)=NO2)CN1C(=O)C(NS(=O)(=O)c1ccc(F)cc1)C(C)C)C(=O)C(=O)NC1CC1. The fourth-order valence-electron chi connectivity index (χ4n) is 5.92. The first-order valence-corrected chi connectivity index (χ1v) is 17.8. The highest BCUT2D eigenvalue weighted by atomic mass is 35.5. The lowest BCUT2D eigenvalue weighted by Gasteiger charge is -2.31. The Morgan fingerprint density at radius 2 is 1.83 bits per heavy atom. The van der Waals surface area contributed by atoms with Crippen LogP contribution in [0.4, 0.5) is 4.39 Å². The van der Waals surface area contributed by atoms with E-state index in [1.165, 1.54) is 4.90 Å². The Balaban J connectivity index is 1.42. The maximum Gasteiger partial charge on any atom is 0.289 e. The van der Waals surface area contributed by atoms with E-state index in [9.17, 15) is 32.0 Å². The first kappa shape index (κ1) is 35.4. The number of sulfonamides is 1. The minimum absolute atomic E-state index is 0.0189. The second-order valence-electron chi connectivity index (χ2n) is 12.9. The lowest BCUT2D eigenvalue weighted by Crippen LogP contribution is -2.57. The zero-order chi connectivity index (χ0) is 34.8. The number of Topliss-reactive ketones (excluding diaryl/α,β-unsaturated/α-hetero) is 1. The Kier molecular flexibility index (Phi) is 10.6. The normalized spacial score (nSPS) is 21.8. The molecule has 0 radical (unpaired) electrons. The first-order chi connectivity index (χ1) is 22.7. The minimum atomic E-state index is -4.28. The van der Waals surface area contributed by atoms with E-state index < -0.39 is 69.0 Å². The molecule has 2 heterocycles. The van der Waals surface area contributed by atoms with E-state index in [2.05, 4.69) is 20.5 Å². The molecule has 3 N–H and O–H groups in total. The molecular formula is C33H39ClFN5O7S. The van der Waals surface area contributed by atoms with Gasteiger partial charge in [0.2, 0.25) is 27.6 Å². The smallest absolute Gasteiger partial charge is 0.289 e. The third-order valence-electron chi connectivity index (χ3n) is 8.67. The van der Waals surface area contributed by atoms with Crippen molar-refractivity contribution < 1.29 is 36.8 Å². The second kappa shape index (κ2) is 14.3. The van der Waals surface area contributed by atoms with Gasteiger partial charge in [-0.15, -0.1) is 0 Å². The average molecular weight is 704 g/mol. The van der Waals surface area contributed by atoms with Crippen LogP contribution in [0.25, 0.3) is 0 Å². The van der Waals surface area contributed by atoms with Gasteiger partial charge < -0.3 is 20.4 Å². The molecule has 2 aliphatic heterocycles. The standard InChI is InChI=1S/C33H39ClFN5O7S/c1-4-6-25(29(41)31(43)36-23-11-12-23)37-30(42)27-17-33(16-26(38-47-33)20-7-5-8-21(34)15-20)18-40(27)32(44)28(19(2)3)39-48(45,46)24-13-9-22(35)10-14-24/h5,7-10,13-15,19,23,25,27-28,39H,4,6,11-12,16-18H2,1-3H3,(H,36,43)(H,37,42)/t25-,27-,28?,33?/m0/s1. The summed E-state index contributed by atoms with van der Waals surface area (Å²) in [7, 11) is -4.28. The van der Waals surface area contributed by atoms with Crippen molar-refractivity contribution in [2.45, 2.75) is 94.0 Å². The fraction of sp³-hybridized carbons (Fsp3) is 0.485. The first-order valence-electron chi connectivity index (χ1n) is 16.0. The summed E-state index contributed by atoms with van der Waals surface area (Å²) in [6.45, 7) is 5.00.